The van der Waals surface area contributed by atoms with E-state index in [9.17, 15) is 9.59 Å². The van der Waals surface area contributed by atoms with Crippen LogP contribution in [0.1, 0.15) is 31.2 Å². The van der Waals surface area contributed by atoms with Crippen LogP contribution in [0.2, 0.25) is 0 Å². The van der Waals surface area contributed by atoms with Crippen molar-refractivity contribution in [1.82, 2.24) is 4.57 Å². The van der Waals surface area contributed by atoms with Gasteiger partial charge in [-0.05, 0) is 55.8 Å². The van der Waals surface area contributed by atoms with E-state index in [2.05, 4.69) is 20.9 Å². The molecule has 0 spiro atoms. The fourth-order valence-electron chi connectivity index (χ4n) is 4.39. The number of halogens is 1. The zero-order valence-corrected chi connectivity index (χ0v) is 23.8. The molecule has 2 aromatic heterocycles. The van der Waals surface area contributed by atoms with E-state index in [1.165, 1.54) is 11.3 Å². The van der Waals surface area contributed by atoms with Crippen LogP contribution in [0.15, 0.2) is 90.6 Å². The lowest BCUT2D eigenvalue weighted by Crippen LogP contribution is -2.39. The number of hydrogen-bond acceptors (Lipinski definition) is 7. The van der Waals surface area contributed by atoms with E-state index in [1.807, 2.05) is 79.7 Å². The van der Waals surface area contributed by atoms with Gasteiger partial charge in [-0.25, -0.2) is 9.79 Å². The van der Waals surface area contributed by atoms with Crippen LogP contribution in [0, 0.1) is 0 Å². The van der Waals surface area contributed by atoms with Crippen LogP contribution in [0.4, 0.5) is 5.69 Å². The summed E-state index contributed by atoms with van der Waals surface area (Å²) in [6.45, 7) is 3.77. The van der Waals surface area contributed by atoms with Crippen LogP contribution in [0.3, 0.4) is 0 Å². The lowest BCUT2D eigenvalue weighted by Gasteiger charge is -2.25. The maximum absolute atomic E-state index is 13.8. The highest BCUT2D eigenvalue weighted by molar-refractivity contribution is 9.10. The van der Waals surface area contributed by atoms with Gasteiger partial charge in [-0.3, -0.25) is 9.36 Å². The van der Waals surface area contributed by atoms with Gasteiger partial charge in [0.1, 0.15) is 11.5 Å². The molecule has 3 heterocycles. The Morgan fingerprint density at radius 2 is 1.84 bits per heavy atom. The summed E-state index contributed by atoms with van der Waals surface area (Å²) in [6.07, 6.45) is 1.72. The predicted molar refractivity (Wildman–Crippen MR) is 153 cm³/mol. The van der Waals surface area contributed by atoms with Crippen molar-refractivity contribution < 1.29 is 13.9 Å². The molecule has 1 aliphatic rings. The number of esters is 1. The molecule has 38 heavy (non-hydrogen) atoms. The van der Waals surface area contributed by atoms with Gasteiger partial charge in [0.25, 0.3) is 5.56 Å². The topological polar surface area (TPSA) is 77.0 Å². The van der Waals surface area contributed by atoms with E-state index in [-0.39, 0.29) is 12.2 Å². The van der Waals surface area contributed by atoms with Crippen molar-refractivity contribution in [3.63, 3.8) is 0 Å². The zero-order chi connectivity index (χ0) is 27.0. The normalized spacial score (nSPS) is 15.3. The molecule has 0 N–H and O–H groups in total. The van der Waals surface area contributed by atoms with Crippen molar-refractivity contribution in [3.05, 3.63) is 107 Å². The van der Waals surface area contributed by atoms with Gasteiger partial charge in [0.15, 0.2) is 4.80 Å². The average molecular weight is 593 g/mol. The number of allylic oxidation sites excluding steroid dienone is 1. The van der Waals surface area contributed by atoms with Crippen LogP contribution >= 0.6 is 27.3 Å². The van der Waals surface area contributed by atoms with Gasteiger partial charge in [-0.15, -0.1) is 0 Å². The summed E-state index contributed by atoms with van der Waals surface area (Å²) >= 11 is 4.71. The number of furan rings is 1. The molecule has 0 fully saturated rings. The second kappa shape index (κ2) is 10.6. The Labute approximate surface area is 232 Å². The van der Waals surface area contributed by atoms with Crippen LogP contribution in [0.25, 0.3) is 17.4 Å². The maximum atomic E-state index is 13.8. The van der Waals surface area contributed by atoms with Crippen molar-refractivity contribution >= 4 is 45.0 Å². The average Bonchev–Trinajstić information content (AvgIpc) is 3.48. The minimum atomic E-state index is -0.654. The summed E-state index contributed by atoms with van der Waals surface area (Å²) in [5.74, 6) is 0.784. The summed E-state index contributed by atoms with van der Waals surface area (Å²) in [7, 11) is 3.92. The fraction of sp³-hybridized carbons (Fsp3) is 0.207. The summed E-state index contributed by atoms with van der Waals surface area (Å²) in [4.78, 5) is 34.0. The van der Waals surface area contributed by atoms with E-state index in [1.54, 1.807) is 24.5 Å². The Hall–Kier alpha value is -3.69. The quantitative estimate of drug-likeness (QED) is 0.298. The van der Waals surface area contributed by atoms with Crippen LogP contribution < -0.4 is 19.8 Å². The van der Waals surface area contributed by atoms with E-state index >= 15 is 0 Å². The minimum Gasteiger partial charge on any atom is -0.463 e. The van der Waals surface area contributed by atoms with Crippen molar-refractivity contribution in [3.8, 4) is 11.3 Å². The van der Waals surface area contributed by atoms with Crippen LogP contribution in [-0.4, -0.2) is 31.2 Å². The monoisotopic (exact) mass is 591 g/mol. The maximum Gasteiger partial charge on any atom is 0.338 e. The molecule has 0 saturated carbocycles. The lowest BCUT2D eigenvalue weighted by atomic mass is 9.95. The number of nitrogens with zero attached hydrogens (tertiary/aromatic N) is 3. The Morgan fingerprint density at radius 1 is 1.13 bits per heavy atom. The molecular weight excluding hydrogens is 566 g/mol. The lowest BCUT2D eigenvalue weighted by molar-refractivity contribution is -0.139. The number of benzene rings is 2. The van der Waals surface area contributed by atoms with E-state index < -0.39 is 12.0 Å². The summed E-state index contributed by atoms with van der Waals surface area (Å²) in [5, 5.41) is 0. The van der Waals surface area contributed by atoms with Crippen LogP contribution in [-0.2, 0) is 9.53 Å². The molecule has 5 rings (SSSR count). The molecule has 0 radical (unpaired) electrons. The number of hydrogen-bond donors (Lipinski definition) is 0. The molecule has 0 bridgehead atoms. The number of rotatable bonds is 6. The molecule has 0 amide bonds. The molecule has 0 saturated heterocycles. The number of anilines is 1. The molecule has 1 aliphatic heterocycles. The highest BCUT2D eigenvalue weighted by Gasteiger charge is 2.33. The molecule has 2 aromatic carbocycles. The van der Waals surface area contributed by atoms with Crippen molar-refractivity contribution in [2.24, 2.45) is 4.99 Å². The smallest absolute Gasteiger partial charge is 0.338 e. The molecule has 9 heteroatoms. The van der Waals surface area contributed by atoms with Crippen LogP contribution in [0.5, 0.6) is 0 Å². The third-order valence-corrected chi connectivity index (χ3v) is 7.78. The van der Waals surface area contributed by atoms with Gasteiger partial charge in [0.2, 0.25) is 0 Å². The number of fused-ring (bicyclic) bond motifs is 1. The number of carbonyl (C=O) groups is 1. The first-order valence-corrected chi connectivity index (χ1v) is 13.7. The third-order valence-electron chi connectivity index (χ3n) is 6.27. The Bertz CT molecular complexity index is 1710. The minimum absolute atomic E-state index is 0.228. The largest absolute Gasteiger partial charge is 0.463 e. The van der Waals surface area contributed by atoms with E-state index in [0.717, 1.165) is 21.3 Å². The molecule has 7 nitrogen and oxygen atoms in total. The SMILES string of the molecule is CCOC(=O)C1=C(C)N=c2s/c(=C/c3ccc(-c4ccc(Br)cc4)o3)c(=O)n2[C@@H]1c1ccc(N(C)C)cc1. The van der Waals surface area contributed by atoms with Gasteiger partial charge in [-0.2, -0.15) is 0 Å². The highest BCUT2D eigenvalue weighted by atomic mass is 79.9. The predicted octanol–water partition coefficient (Wildman–Crippen LogP) is 4.89. The standard InChI is InChI=1S/C29H26BrN3O4S/c1-5-36-28(35)25-17(2)31-29-33(26(25)19-8-12-21(13-9-19)32(3)4)27(34)24(38-29)16-22-14-15-23(37-22)18-6-10-20(30)11-7-18/h6-16,26H,5H2,1-4H3/b24-16+/t26-/m1/s1. The van der Waals surface area contributed by atoms with Crippen molar-refractivity contribution in [2.45, 2.75) is 19.9 Å². The first-order valence-electron chi connectivity index (χ1n) is 12.1. The van der Waals surface area contributed by atoms with Crippen molar-refractivity contribution in [1.29, 1.82) is 0 Å². The molecule has 1 atom stereocenters. The number of ether oxygens (including phenoxy) is 1. The zero-order valence-electron chi connectivity index (χ0n) is 21.4. The molecular formula is C29H26BrN3O4S. The Kier molecular flexibility index (Phi) is 7.23. The van der Waals surface area contributed by atoms with Gasteiger partial charge in [-0.1, -0.05) is 51.5 Å². The fourth-order valence-corrected chi connectivity index (χ4v) is 5.68. The van der Waals surface area contributed by atoms with E-state index in [0.29, 0.717) is 32.1 Å². The number of carbonyl (C=O) groups excluding carboxylic acids is 1. The summed E-state index contributed by atoms with van der Waals surface area (Å²) in [6, 6.07) is 18.7. The Morgan fingerprint density at radius 3 is 2.50 bits per heavy atom. The highest BCUT2D eigenvalue weighted by Crippen LogP contribution is 2.31. The van der Waals surface area contributed by atoms with Gasteiger partial charge < -0.3 is 14.1 Å². The third kappa shape index (κ3) is 4.91. The second-order valence-electron chi connectivity index (χ2n) is 9.00. The first kappa shape index (κ1) is 25.9. The second-order valence-corrected chi connectivity index (χ2v) is 10.9. The Balaban J connectivity index is 1.62. The molecule has 194 valence electrons. The van der Waals surface area contributed by atoms with Gasteiger partial charge in [0.05, 0.1) is 28.5 Å². The molecule has 0 unspecified atom stereocenters. The van der Waals surface area contributed by atoms with Gasteiger partial charge in [0, 0.05) is 35.9 Å². The van der Waals surface area contributed by atoms with Gasteiger partial charge >= 0.3 is 5.97 Å². The summed E-state index contributed by atoms with van der Waals surface area (Å²) < 4.78 is 14.4. The number of aromatic nitrogens is 1. The molecule has 0 aliphatic carbocycles. The van der Waals surface area contributed by atoms with E-state index in [4.69, 9.17) is 9.15 Å². The first-order chi connectivity index (χ1) is 18.3. The van der Waals surface area contributed by atoms with Crippen molar-refractivity contribution in [2.75, 3.05) is 25.6 Å². The summed E-state index contributed by atoms with van der Waals surface area (Å²) in [5.41, 5.74) is 3.40. The number of thiazole rings is 1. The molecule has 4 aromatic rings.